The second-order valence-corrected chi connectivity index (χ2v) is 4.44. The fraction of sp³-hybridized carbons (Fsp3) is 0.917. The molecule has 2 atom stereocenters. The average molecular weight is 228 g/mol. The Morgan fingerprint density at radius 2 is 2.38 bits per heavy atom. The highest BCUT2D eigenvalue weighted by atomic mass is 16.5. The van der Waals surface area contributed by atoms with Crippen molar-refractivity contribution in [3.8, 4) is 0 Å². The van der Waals surface area contributed by atoms with Crippen molar-refractivity contribution in [3.63, 3.8) is 0 Å². The van der Waals surface area contributed by atoms with Gasteiger partial charge in [-0.15, -0.1) is 0 Å². The van der Waals surface area contributed by atoms with Gasteiger partial charge < -0.3 is 15.4 Å². The van der Waals surface area contributed by atoms with E-state index in [-0.39, 0.29) is 5.91 Å². The molecule has 1 aliphatic rings. The van der Waals surface area contributed by atoms with Crippen molar-refractivity contribution >= 4 is 5.91 Å². The van der Waals surface area contributed by atoms with Gasteiger partial charge in [0.1, 0.15) is 0 Å². The summed E-state index contributed by atoms with van der Waals surface area (Å²) in [6.07, 6.45) is 2.53. The zero-order valence-electron chi connectivity index (χ0n) is 10.4. The molecule has 94 valence electrons. The van der Waals surface area contributed by atoms with Gasteiger partial charge in [0.2, 0.25) is 5.91 Å². The van der Waals surface area contributed by atoms with Gasteiger partial charge in [-0.05, 0) is 32.2 Å². The predicted molar refractivity (Wildman–Crippen MR) is 64.3 cm³/mol. The standard InChI is InChI=1S/C12H24N2O2/c1-3-16-8-4-5-12(15)14-11-9-13-7-6-10(11)2/h10-11,13H,3-9H2,1-2H3,(H,14,15). The number of ether oxygens (including phenoxy) is 1. The molecule has 1 fully saturated rings. The van der Waals surface area contributed by atoms with E-state index in [1.54, 1.807) is 0 Å². The number of carbonyl (C=O) groups is 1. The molecule has 0 radical (unpaired) electrons. The number of piperidine rings is 1. The van der Waals surface area contributed by atoms with Crippen LogP contribution in [0.15, 0.2) is 0 Å². The van der Waals surface area contributed by atoms with E-state index in [1.807, 2.05) is 6.92 Å². The molecule has 0 aromatic heterocycles. The third-order valence-corrected chi connectivity index (χ3v) is 3.07. The monoisotopic (exact) mass is 228 g/mol. The molecule has 0 aromatic carbocycles. The first-order chi connectivity index (χ1) is 7.74. The number of carbonyl (C=O) groups excluding carboxylic acids is 1. The highest BCUT2D eigenvalue weighted by Gasteiger charge is 2.22. The number of rotatable bonds is 6. The topological polar surface area (TPSA) is 50.4 Å². The van der Waals surface area contributed by atoms with Crippen molar-refractivity contribution in [3.05, 3.63) is 0 Å². The third kappa shape index (κ3) is 4.94. The summed E-state index contributed by atoms with van der Waals surface area (Å²) in [5.41, 5.74) is 0. The van der Waals surface area contributed by atoms with Crippen LogP contribution < -0.4 is 10.6 Å². The van der Waals surface area contributed by atoms with Gasteiger partial charge in [0.05, 0.1) is 0 Å². The van der Waals surface area contributed by atoms with Gasteiger partial charge in [-0.2, -0.15) is 0 Å². The molecule has 4 nitrogen and oxygen atoms in total. The van der Waals surface area contributed by atoms with Crippen LogP contribution in [0.1, 0.15) is 33.1 Å². The Labute approximate surface area is 98.1 Å². The van der Waals surface area contributed by atoms with Gasteiger partial charge >= 0.3 is 0 Å². The Balaban J connectivity index is 2.12. The lowest BCUT2D eigenvalue weighted by molar-refractivity contribution is -0.122. The number of hydrogen-bond donors (Lipinski definition) is 2. The van der Waals surface area contributed by atoms with Crippen LogP contribution in [0.4, 0.5) is 0 Å². The second kappa shape index (κ2) is 7.63. The summed E-state index contributed by atoms with van der Waals surface area (Å²) >= 11 is 0. The van der Waals surface area contributed by atoms with Gasteiger partial charge in [-0.3, -0.25) is 4.79 Å². The lowest BCUT2D eigenvalue weighted by Crippen LogP contribution is -2.50. The van der Waals surface area contributed by atoms with Crippen LogP contribution in [0.25, 0.3) is 0 Å². The van der Waals surface area contributed by atoms with E-state index in [4.69, 9.17) is 4.74 Å². The third-order valence-electron chi connectivity index (χ3n) is 3.07. The van der Waals surface area contributed by atoms with Crippen molar-refractivity contribution in [1.29, 1.82) is 0 Å². The summed E-state index contributed by atoms with van der Waals surface area (Å²) in [4.78, 5) is 11.6. The van der Waals surface area contributed by atoms with Crippen LogP contribution in [0.5, 0.6) is 0 Å². The number of amides is 1. The van der Waals surface area contributed by atoms with Crippen LogP contribution >= 0.6 is 0 Å². The van der Waals surface area contributed by atoms with Gasteiger partial charge in [0.25, 0.3) is 0 Å². The Hall–Kier alpha value is -0.610. The predicted octanol–water partition coefficient (Wildman–Crippen LogP) is 0.917. The maximum atomic E-state index is 11.6. The van der Waals surface area contributed by atoms with E-state index < -0.39 is 0 Å². The largest absolute Gasteiger partial charge is 0.382 e. The molecular formula is C12H24N2O2. The molecule has 0 bridgehead atoms. The zero-order chi connectivity index (χ0) is 11.8. The normalized spacial score (nSPS) is 25.4. The molecule has 1 saturated heterocycles. The van der Waals surface area contributed by atoms with E-state index >= 15 is 0 Å². The summed E-state index contributed by atoms with van der Waals surface area (Å²) in [6, 6.07) is 0.299. The lowest BCUT2D eigenvalue weighted by Gasteiger charge is -2.30. The minimum atomic E-state index is 0.153. The quantitative estimate of drug-likeness (QED) is 0.665. The van der Waals surface area contributed by atoms with E-state index in [0.29, 0.717) is 25.0 Å². The van der Waals surface area contributed by atoms with Crippen molar-refractivity contribution < 1.29 is 9.53 Å². The summed E-state index contributed by atoms with van der Waals surface area (Å²) in [6.45, 7) is 7.55. The van der Waals surface area contributed by atoms with Crippen LogP contribution in [-0.4, -0.2) is 38.3 Å². The van der Waals surface area contributed by atoms with Gasteiger partial charge in [-0.1, -0.05) is 6.92 Å². The minimum absolute atomic E-state index is 0.153. The fourth-order valence-corrected chi connectivity index (χ4v) is 1.94. The number of hydrogen-bond acceptors (Lipinski definition) is 3. The Kier molecular flexibility index (Phi) is 6.42. The summed E-state index contributed by atoms with van der Waals surface area (Å²) < 4.78 is 5.20. The van der Waals surface area contributed by atoms with E-state index in [0.717, 1.165) is 32.5 Å². The highest BCUT2D eigenvalue weighted by Crippen LogP contribution is 2.11. The molecule has 0 saturated carbocycles. The van der Waals surface area contributed by atoms with E-state index in [9.17, 15) is 4.79 Å². The van der Waals surface area contributed by atoms with Crippen LogP contribution in [0.3, 0.4) is 0 Å². The molecule has 4 heteroatoms. The van der Waals surface area contributed by atoms with E-state index in [1.165, 1.54) is 0 Å². The summed E-state index contributed by atoms with van der Waals surface area (Å²) in [7, 11) is 0. The van der Waals surface area contributed by atoms with Crippen LogP contribution in [0, 0.1) is 5.92 Å². The maximum Gasteiger partial charge on any atom is 0.220 e. The molecule has 1 aliphatic heterocycles. The van der Waals surface area contributed by atoms with Crippen LogP contribution in [-0.2, 0) is 9.53 Å². The summed E-state index contributed by atoms with van der Waals surface area (Å²) in [5.74, 6) is 0.734. The van der Waals surface area contributed by atoms with Gasteiger partial charge in [0.15, 0.2) is 0 Å². The first-order valence-electron chi connectivity index (χ1n) is 6.32. The van der Waals surface area contributed by atoms with Crippen molar-refractivity contribution in [1.82, 2.24) is 10.6 Å². The second-order valence-electron chi connectivity index (χ2n) is 4.44. The molecule has 2 unspecified atom stereocenters. The maximum absolute atomic E-state index is 11.6. The first kappa shape index (κ1) is 13.5. The summed E-state index contributed by atoms with van der Waals surface area (Å²) in [5, 5.41) is 6.40. The first-order valence-corrected chi connectivity index (χ1v) is 6.32. The highest BCUT2D eigenvalue weighted by molar-refractivity contribution is 5.76. The minimum Gasteiger partial charge on any atom is -0.382 e. The van der Waals surface area contributed by atoms with Gasteiger partial charge in [-0.25, -0.2) is 0 Å². The Bertz CT molecular complexity index is 209. The Morgan fingerprint density at radius 3 is 3.06 bits per heavy atom. The molecule has 2 N–H and O–H groups in total. The van der Waals surface area contributed by atoms with Crippen molar-refractivity contribution in [2.24, 2.45) is 5.92 Å². The van der Waals surface area contributed by atoms with Crippen molar-refractivity contribution in [2.45, 2.75) is 39.2 Å². The molecule has 1 heterocycles. The molecule has 0 spiro atoms. The smallest absolute Gasteiger partial charge is 0.220 e. The van der Waals surface area contributed by atoms with E-state index in [2.05, 4.69) is 17.6 Å². The van der Waals surface area contributed by atoms with Crippen molar-refractivity contribution in [2.75, 3.05) is 26.3 Å². The molecule has 16 heavy (non-hydrogen) atoms. The molecular weight excluding hydrogens is 204 g/mol. The SMILES string of the molecule is CCOCCCC(=O)NC1CNCCC1C. The van der Waals surface area contributed by atoms with Gasteiger partial charge in [0, 0.05) is 32.2 Å². The average Bonchev–Trinajstić information content (AvgIpc) is 2.28. The molecule has 1 rings (SSSR count). The lowest BCUT2D eigenvalue weighted by atomic mass is 9.95. The number of nitrogens with one attached hydrogen (secondary N) is 2. The zero-order valence-corrected chi connectivity index (χ0v) is 10.4. The Morgan fingerprint density at radius 1 is 1.56 bits per heavy atom. The molecule has 1 amide bonds. The van der Waals surface area contributed by atoms with Crippen LogP contribution in [0.2, 0.25) is 0 Å². The molecule has 0 aliphatic carbocycles. The molecule has 0 aromatic rings. The fourth-order valence-electron chi connectivity index (χ4n) is 1.94.